The second-order valence-corrected chi connectivity index (χ2v) is 9.22. The molecule has 1 aliphatic heterocycles. The molecule has 0 radical (unpaired) electrons. The summed E-state index contributed by atoms with van der Waals surface area (Å²) >= 11 is 11.7. The fourth-order valence-electron chi connectivity index (χ4n) is 3.94. The summed E-state index contributed by atoms with van der Waals surface area (Å²) in [5, 5.41) is 4.16. The molecule has 1 N–H and O–H groups in total. The maximum Gasteiger partial charge on any atom is 0.260 e. The predicted molar refractivity (Wildman–Crippen MR) is 130 cm³/mol. The van der Waals surface area contributed by atoms with E-state index < -0.39 is 0 Å². The van der Waals surface area contributed by atoms with Crippen LogP contribution in [0.25, 0.3) is 0 Å². The molecule has 0 aliphatic carbocycles. The maximum atomic E-state index is 12.5. The molecule has 1 aliphatic rings. The summed E-state index contributed by atoms with van der Waals surface area (Å²) in [5.41, 5.74) is 0. The fraction of sp³-hybridized carbons (Fsp3) is 0.440. The third kappa shape index (κ3) is 8.45. The molecule has 33 heavy (non-hydrogen) atoms. The van der Waals surface area contributed by atoms with Gasteiger partial charge in [0, 0.05) is 29.7 Å². The van der Waals surface area contributed by atoms with Gasteiger partial charge in [-0.1, -0.05) is 30.1 Å². The van der Waals surface area contributed by atoms with Gasteiger partial charge in [0.2, 0.25) is 0 Å². The van der Waals surface area contributed by atoms with Gasteiger partial charge in [0.05, 0.1) is 0 Å². The lowest BCUT2D eigenvalue weighted by molar-refractivity contribution is -0.136. The molecular weight excluding hydrogens is 463 g/mol. The van der Waals surface area contributed by atoms with E-state index in [-0.39, 0.29) is 25.0 Å². The van der Waals surface area contributed by atoms with Crippen LogP contribution in [0.4, 0.5) is 0 Å². The molecular formula is C25H30Cl2N2O4. The first-order valence-corrected chi connectivity index (χ1v) is 12.0. The van der Waals surface area contributed by atoms with E-state index in [2.05, 4.69) is 12.2 Å². The summed E-state index contributed by atoms with van der Waals surface area (Å²) in [5.74, 6) is 2.05. The van der Waals surface area contributed by atoms with E-state index in [9.17, 15) is 9.59 Å². The average Bonchev–Trinajstić information content (AvgIpc) is 2.81. The molecule has 0 bridgehead atoms. The van der Waals surface area contributed by atoms with E-state index in [1.165, 1.54) is 0 Å². The summed E-state index contributed by atoms with van der Waals surface area (Å²) in [6.07, 6.45) is 2.87. The number of halogens is 2. The Morgan fingerprint density at radius 2 is 1.55 bits per heavy atom. The summed E-state index contributed by atoms with van der Waals surface area (Å²) in [4.78, 5) is 26.4. The topological polar surface area (TPSA) is 67.9 Å². The van der Waals surface area contributed by atoms with E-state index in [0.29, 0.717) is 39.9 Å². The number of piperidine rings is 1. The van der Waals surface area contributed by atoms with Gasteiger partial charge >= 0.3 is 0 Å². The third-order valence-corrected chi connectivity index (χ3v) is 6.37. The molecule has 2 amide bonds. The zero-order valence-corrected chi connectivity index (χ0v) is 20.3. The smallest absolute Gasteiger partial charge is 0.260 e. The highest BCUT2D eigenvalue weighted by Gasteiger charge is 2.28. The van der Waals surface area contributed by atoms with Crippen molar-refractivity contribution in [2.45, 2.75) is 26.2 Å². The van der Waals surface area contributed by atoms with Crippen LogP contribution >= 0.6 is 23.2 Å². The highest BCUT2D eigenvalue weighted by molar-refractivity contribution is 6.30. The quantitative estimate of drug-likeness (QED) is 0.482. The Morgan fingerprint density at radius 1 is 0.970 bits per heavy atom. The highest BCUT2D eigenvalue weighted by Crippen LogP contribution is 2.27. The summed E-state index contributed by atoms with van der Waals surface area (Å²) in [7, 11) is 0. The number of nitrogens with one attached hydrogen (secondary N) is 1. The van der Waals surface area contributed by atoms with E-state index in [1.807, 2.05) is 4.90 Å². The van der Waals surface area contributed by atoms with Crippen molar-refractivity contribution in [3.05, 3.63) is 58.6 Å². The first-order valence-electron chi connectivity index (χ1n) is 11.2. The summed E-state index contributed by atoms with van der Waals surface area (Å²) in [6, 6.07) is 13.9. The molecule has 0 spiro atoms. The molecule has 3 rings (SSSR count). The van der Waals surface area contributed by atoms with Crippen molar-refractivity contribution in [3.63, 3.8) is 0 Å². The van der Waals surface area contributed by atoms with Gasteiger partial charge in [0.15, 0.2) is 13.2 Å². The van der Waals surface area contributed by atoms with Gasteiger partial charge in [-0.2, -0.15) is 0 Å². The van der Waals surface area contributed by atoms with E-state index in [0.717, 1.165) is 32.4 Å². The minimum absolute atomic E-state index is 0.00296. The van der Waals surface area contributed by atoms with Crippen molar-refractivity contribution in [3.8, 4) is 11.5 Å². The van der Waals surface area contributed by atoms with Crippen LogP contribution in [0.15, 0.2) is 48.5 Å². The van der Waals surface area contributed by atoms with Crippen molar-refractivity contribution >= 4 is 35.0 Å². The second kappa shape index (κ2) is 12.7. The lowest BCUT2D eigenvalue weighted by Crippen LogP contribution is -2.45. The first-order chi connectivity index (χ1) is 15.9. The largest absolute Gasteiger partial charge is 0.484 e. The van der Waals surface area contributed by atoms with Crippen LogP contribution in [0.5, 0.6) is 11.5 Å². The predicted octanol–water partition coefficient (Wildman–Crippen LogP) is 4.83. The third-order valence-electron chi connectivity index (χ3n) is 5.87. The van der Waals surface area contributed by atoms with Crippen molar-refractivity contribution in [1.29, 1.82) is 0 Å². The van der Waals surface area contributed by atoms with Crippen LogP contribution in [0.3, 0.4) is 0 Å². The van der Waals surface area contributed by atoms with Gasteiger partial charge in [0.25, 0.3) is 11.8 Å². The molecule has 178 valence electrons. The van der Waals surface area contributed by atoms with Gasteiger partial charge in [-0.15, -0.1) is 0 Å². The number of likely N-dealkylation sites (tertiary alicyclic amines) is 1. The minimum atomic E-state index is -0.140. The van der Waals surface area contributed by atoms with Crippen molar-refractivity contribution < 1.29 is 19.1 Å². The van der Waals surface area contributed by atoms with Crippen molar-refractivity contribution in [2.24, 2.45) is 11.8 Å². The molecule has 1 fully saturated rings. The van der Waals surface area contributed by atoms with E-state index >= 15 is 0 Å². The number of carbonyl (C=O) groups excluding carboxylic acids is 2. The van der Waals surface area contributed by atoms with Crippen molar-refractivity contribution in [1.82, 2.24) is 10.2 Å². The van der Waals surface area contributed by atoms with Crippen LogP contribution in [-0.2, 0) is 9.59 Å². The standard InChI is InChI=1S/C25H30Cl2N2O4/c1-18-15-29(25(31)17-33-23-10-6-21(27)7-11-23)14-12-19(18)3-2-13-28-24(30)16-32-22-8-4-20(26)5-9-22/h4-11,18-19H,2-3,12-17H2,1H3,(H,28,30). The van der Waals surface area contributed by atoms with Gasteiger partial charge in [-0.3, -0.25) is 9.59 Å². The van der Waals surface area contributed by atoms with Gasteiger partial charge < -0.3 is 19.7 Å². The molecule has 1 saturated heterocycles. The Hall–Kier alpha value is -2.44. The number of benzene rings is 2. The number of rotatable bonds is 10. The lowest BCUT2D eigenvalue weighted by atomic mass is 9.83. The van der Waals surface area contributed by atoms with Gasteiger partial charge in [-0.05, 0) is 79.6 Å². The Morgan fingerprint density at radius 3 is 2.12 bits per heavy atom. The molecule has 2 atom stereocenters. The Bertz CT molecular complexity index is 906. The molecule has 1 heterocycles. The molecule has 6 nitrogen and oxygen atoms in total. The maximum absolute atomic E-state index is 12.5. The van der Waals surface area contributed by atoms with Crippen LogP contribution in [0.1, 0.15) is 26.2 Å². The summed E-state index contributed by atoms with van der Waals surface area (Å²) < 4.78 is 11.0. The Labute approximate surface area is 205 Å². The number of amides is 2. The molecule has 8 heteroatoms. The number of carbonyl (C=O) groups is 2. The zero-order chi connectivity index (χ0) is 23.6. The van der Waals surface area contributed by atoms with Crippen LogP contribution in [0, 0.1) is 11.8 Å². The summed E-state index contributed by atoms with van der Waals surface area (Å²) in [6.45, 7) is 4.28. The van der Waals surface area contributed by atoms with Gasteiger partial charge in [0.1, 0.15) is 11.5 Å². The van der Waals surface area contributed by atoms with E-state index in [4.69, 9.17) is 32.7 Å². The van der Waals surface area contributed by atoms with Crippen LogP contribution in [0.2, 0.25) is 10.0 Å². The van der Waals surface area contributed by atoms with Crippen LogP contribution < -0.4 is 14.8 Å². The van der Waals surface area contributed by atoms with Crippen LogP contribution in [-0.4, -0.2) is 49.6 Å². The van der Waals surface area contributed by atoms with Crippen molar-refractivity contribution in [2.75, 3.05) is 32.8 Å². The SMILES string of the molecule is CC1CN(C(=O)COc2ccc(Cl)cc2)CCC1CCCNC(=O)COc1ccc(Cl)cc1. The van der Waals surface area contributed by atoms with Gasteiger partial charge in [-0.25, -0.2) is 0 Å². The number of ether oxygens (including phenoxy) is 2. The lowest BCUT2D eigenvalue weighted by Gasteiger charge is -2.37. The van der Waals surface area contributed by atoms with E-state index in [1.54, 1.807) is 48.5 Å². The molecule has 2 aromatic rings. The molecule has 2 unspecified atom stereocenters. The average molecular weight is 493 g/mol. The number of nitrogens with zero attached hydrogens (tertiary/aromatic N) is 1. The molecule has 2 aromatic carbocycles. The Balaban J connectivity index is 1.29. The first kappa shape index (κ1) is 25.2. The minimum Gasteiger partial charge on any atom is -0.484 e. The highest BCUT2D eigenvalue weighted by atomic mass is 35.5. The zero-order valence-electron chi connectivity index (χ0n) is 18.8. The molecule has 0 aromatic heterocycles. The number of hydrogen-bond donors (Lipinski definition) is 1. The fourth-order valence-corrected chi connectivity index (χ4v) is 4.19. The monoisotopic (exact) mass is 492 g/mol. The number of hydrogen-bond acceptors (Lipinski definition) is 4. The second-order valence-electron chi connectivity index (χ2n) is 8.34. The normalized spacial score (nSPS) is 18.0. The Kier molecular flexibility index (Phi) is 9.70. The molecule has 0 saturated carbocycles.